The van der Waals surface area contributed by atoms with Gasteiger partial charge in [0.1, 0.15) is 54.4 Å². The molecule has 0 aromatic heterocycles. The number of aliphatic carboxylic acids is 2. The summed E-state index contributed by atoms with van der Waals surface area (Å²) in [5.74, 6) is -11.4. The maximum Gasteiger partial charge on any atom is 0.326 e. The van der Waals surface area contributed by atoms with Crippen LogP contribution >= 0.6 is 0 Å². The van der Waals surface area contributed by atoms with Crippen LogP contribution in [0.15, 0.2) is 0 Å². The van der Waals surface area contributed by atoms with E-state index in [9.17, 15) is 72.9 Å². The summed E-state index contributed by atoms with van der Waals surface area (Å²) in [6.07, 6.45) is -0.886. The van der Waals surface area contributed by atoms with Crippen LogP contribution in [0.2, 0.25) is 0 Å². The molecule has 27 nitrogen and oxygen atoms in total. The third kappa shape index (κ3) is 22.2. The van der Waals surface area contributed by atoms with Crippen molar-refractivity contribution in [2.75, 3.05) is 19.6 Å². The van der Waals surface area contributed by atoms with E-state index < -0.39 is 157 Å². The van der Waals surface area contributed by atoms with Crippen molar-refractivity contribution in [2.24, 2.45) is 35.0 Å². The number of nitrogens with one attached hydrogen (secondary N) is 7. The molecule has 0 radical (unpaired) electrons. The zero-order chi connectivity index (χ0) is 58.4. The van der Waals surface area contributed by atoms with Crippen LogP contribution in [0.5, 0.6) is 0 Å². The summed E-state index contributed by atoms with van der Waals surface area (Å²) in [5, 5.41) is 47.3. The summed E-state index contributed by atoms with van der Waals surface area (Å²) >= 11 is 0. The van der Waals surface area contributed by atoms with Crippen molar-refractivity contribution < 1.29 is 72.9 Å². The zero-order valence-corrected chi connectivity index (χ0v) is 45.8. The van der Waals surface area contributed by atoms with E-state index in [1.54, 1.807) is 27.7 Å². The van der Waals surface area contributed by atoms with Crippen molar-refractivity contribution in [3.8, 4) is 0 Å². The molecule has 0 spiro atoms. The molecule has 0 saturated carbocycles. The summed E-state index contributed by atoms with van der Waals surface area (Å²) in [7, 11) is 0. The molecule has 0 aromatic rings. The highest BCUT2D eigenvalue weighted by Gasteiger charge is 2.42. The monoisotopic (exact) mass is 1090 g/mol. The Kier molecular flexibility index (Phi) is 28.0. The lowest BCUT2D eigenvalue weighted by molar-refractivity contribution is -0.145. The second kappa shape index (κ2) is 32.3. The molecule has 2 aliphatic rings. The molecule has 0 aromatic carbocycles. The second-order valence-corrected chi connectivity index (χ2v) is 21.4. The van der Waals surface area contributed by atoms with E-state index in [1.165, 1.54) is 18.7 Å². The Morgan fingerprint density at radius 2 is 1.01 bits per heavy atom. The summed E-state index contributed by atoms with van der Waals surface area (Å²) in [6.45, 7) is 13.7. The Morgan fingerprint density at radius 1 is 0.545 bits per heavy atom. The Bertz CT molecular complexity index is 2090. The van der Waals surface area contributed by atoms with E-state index in [2.05, 4.69) is 37.2 Å². The van der Waals surface area contributed by atoms with Crippen molar-refractivity contribution in [1.29, 1.82) is 0 Å². The van der Waals surface area contributed by atoms with Crippen molar-refractivity contribution >= 4 is 71.0 Å². The summed E-state index contributed by atoms with van der Waals surface area (Å²) in [6, 6.07) is -13.3. The molecule has 27 heteroatoms. The lowest BCUT2D eigenvalue weighted by Gasteiger charge is -2.31. The van der Waals surface area contributed by atoms with Gasteiger partial charge in [0.05, 0.1) is 18.6 Å². The van der Waals surface area contributed by atoms with E-state index in [0.717, 1.165) is 4.90 Å². The summed E-state index contributed by atoms with van der Waals surface area (Å²) in [4.78, 5) is 162. The standard InChI is InChI=1S/C50H86N12O15/c1-25(2)21-30(52)41(67)57-34(23-27(5)6)44(70)60-40(29(8)63)47(73)55-31(16-17-39(65)66)42(68)54-28(7)48(74)61-19-11-14-36(61)46(72)58-33(22-26(3)4)43(69)59-35(24-38(53)64)49(75)62-20-12-15-37(62)45(71)56-32(50(76)77)13-9-10-18-51/h25-37,40,63H,9-24,51-52H2,1-8H3,(H2,53,64)(H,54,68)(H,55,73)(H,56,71)(H,57,67)(H,58,72)(H,59,69)(H,60,70)(H,65,66)(H,76,77)/t28-,29+,30-,31-,32-,33-,34-,35-,36-,37-,40-/m0/s1. The highest BCUT2D eigenvalue weighted by molar-refractivity contribution is 5.99. The van der Waals surface area contributed by atoms with Gasteiger partial charge in [-0.3, -0.25) is 52.7 Å². The second-order valence-electron chi connectivity index (χ2n) is 21.4. The number of rotatable bonds is 33. The number of nitrogens with zero attached hydrogens (tertiary/aromatic N) is 2. The number of aliphatic hydroxyl groups excluding tert-OH is 1. The van der Waals surface area contributed by atoms with Crippen molar-refractivity contribution in [1.82, 2.24) is 47.0 Å². The van der Waals surface area contributed by atoms with Gasteiger partial charge in [-0.2, -0.15) is 0 Å². The number of hydrogen-bond acceptors (Lipinski definition) is 15. The van der Waals surface area contributed by atoms with Gasteiger partial charge in [-0.1, -0.05) is 41.5 Å². The third-order valence-corrected chi connectivity index (χ3v) is 13.1. The topological polar surface area (TPSA) is 434 Å². The summed E-state index contributed by atoms with van der Waals surface area (Å²) < 4.78 is 0. The van der Waals surface area contributed by atoms with Crippen LogP contribution in [0.1, 0.15) is 139 Å². The minimum absolute atomic E-state index is 0.0168. The molecule has 2 fully saturated rings. The van der Waals surface area contributed by atoms with Gasteiger partial charge < -0.3 is 79.5 Å². The molecule has 11 atom stereocenters. The van der Waals surface area contributed by atoms with Gasteiger partial charge in [0.25, 0.3) is 0 Å². The first kappa shape index (κ1) is 66.6. The minimum atomic E-state index is -1.70. The molecule has 0 aliphatic carbocycles. The fraction of sp³-hybridized carbons (Fsp3) is 0.760. The van der Waals surface area contributed by atoms with E-state index in [0.29, 0.717) is 38.6 Å². The van der Waals surface area contributed by atoms with Gasteiger partial charge in [-0.05, 0) is 109 Å². The van der Waals surface area contributed by atoms with Gasteiger partial charge in [-0.25, -0.2) is 4.79 Å². The lowest BCUT2D eigenvalue weighted by Crippen LogP contribution is -2.61. The van der Waals surface area contributed by atoms with Crippen LogP contribution in [0.4, 0.5) is 0 Å². The maximum absolute atomic E-state index is 14.0. The molecule has 0 bridgehead atoms. The SMILES string of the molecule is CC(C)C[C@H](NC(=O)[C@@H](N)CC(C)C)C(=O)N[C@H](C(=O)N[C@@H](CCC(=O)O)C(=O)N[C@@H](C)C(=O)N1CCC[C@H]1C(=O)N[C@@H](CC(C)C)C(=O)N[C@@H](CC(N)=O)C(=O)N1CCC[C@H]1C(=O)N[C@@H](CCCCN)C(=O)O)[C@@H](C)O. The fourth-order valence-corrected chi connectivity index (χ4v) is 9.15. The van der Waals surface area contributed by atoms with E-state index >= 15 is 0 Å². The predicted octanol–water partition coefficient (Wildman–Crippen LogP) is -2.82. The Morgan fingerprint density at radius 3 is 1.49 bits per heavy atom. The van der Waals surface area contributed by atoms with Crippen LogP contribution in [0.3, 0.4) is 0 Å². The minimum Gasteiger partial charge on any atom is -0.481 e. The average Bonchev–Trinajstić information content (AvgIpc) is 4.03. The quantitative estimate of drug-likeness (QED) is 0.0295. The fourth-order valence-electron chi connectivity index (χ4n) is 9.15. The molecule has 2 heterocycles. The van der Waals surface area contributed by atoms with Crippen LogP contribution < -0.4 is 54.4 Å². The van der Waals surface area contributed by atoms with Crippen LogP contribution in [-0.4, -0.2) is 182 Å². The molecule has 2 aliphatic heterocycles. The zero-order valence-electron chi connectivity index (χ0n) is 45.8. The largest absolute Gasteiger partial charge is 0.481 e. The Balaban J connectivity index is 2.27. The molecule has 77 heavy (non-hydrogen) atoms. The molecule has 2 rings (SSSR count). The number of carbonyl (C=O) groups excluding carboxylic acids is 10. The van der Waals surface area contributed by atoms with Crippen molar-refractivity contribution in [3.63, 3.8) is 0 Å². The highest BCUT2D eigenvalue weighted by atomic mass is 16.4. The number of carboxylic acid groups (broad SMARTS) is 2. The number of nitrogens with two attached hydrogens (primary N) is 3. The first-order chi connectivity index (χ1) is 36.0. The molecule has 10 amide bonds. The number of likely N-dealkylation sites (tertiary alicyclic amines) is 2. The van der Waals surface area contributed by atoms with Gasteiger partial charge in [-0.15, -0.1) is 0 Å². The highest BCUT2D eigenvalue weighted by Crippen LogP contribution is 2.22. The first-order valence-electron chi connectivity index (χ1n) is 26.6. The first-order valence-corrected chi connectivity index (χ1v) is 26.6. The van der Waals surface area contributed by atoms with Gasteiger partial charge >= 0.3 is 11.9 Å². The van der Waals surface area contributed by atoms with Gasteiger partial charge in [0, 0.05) is 19.5 Å². The molecular weight excluding hydrogens is 1010 g/mol. The number of unbranched alkanes of at least 4 members (excludes halogenated alkanes) is 1. The van der Waals surface area contributed by atoms with E-state index in [-0.39, 0.29) is 62.9 Å². The summed E-state index contributed by atoms with van der Waals surface area (Å²) in [5.41, 5.74) is 17.1. The number of carboxylic acids is 2. The van der Waals surface area contributed by atoms with E-state index in [1.807, 2.05) is 13.8 Å². The van der Waals surface area contributed by atoms with Gasteiger partial charge in [0.15, 0.2) is 0 Å². The molecule has 436 valence electrons. The number of primary amides is 1. The van der Waals surface area contributed by atoms with Gasteiger partial charge in [0.2, 0.25) is 59.1 Å². The van der Waals surface area contributed by atoms with Crippen LogP contribution in [0.25, 0.3) is 0 Å². The smallest absolute Gasteiger partial charge is 0.326 e. The third-order valence-electron chi connectivity index (χ3n) is 13.1. The van der Waals surface area contributed by atoms with Crippen molar-refractivity contribution in [3.05, 3.63) is 0 Å². The number of carbonyl (C=O) groups is 12. The Hall–Kier alpha value is -6.48. The van der Waals surface area contributed by atoms with Crippen LogP contribution in [-0.2, 0) is 57.5 Å². The molecule has 2 saturated heterocycles. The molecular formula is C50H86N12O15. The van der Waals surface area contributed by atoms with E-state index in [4.69, 9.17) is 17.2 Å². The lowest BCUT2D eigenvalue weighted by atomic mass is 10.00. The normalized spacial score (nSPS) is 18.9. The predicted molar refractivity (Wildman–Crippen MR) is 278 cm³/mol. The number of hydrogen-bond donors (Lipinski definition) is 13. The van der Waals surface area contributed by atoms with Crippen molar-refractivity contribution in [2.45, 2.75) is 205 Å². The maximum atomic E-state index is 14.0. The Labute approximate surface area is 449 Å². The average molecular weight is 1100 g/mol. The molecule has 16 N–H and O–H groups in total. The van der Waals surface area contributed by atoms with Crippen LogP contribution in [0, 0.1) is 17.8 Å². The number of amides is 10. The molecule has 0 unspecified atom stereocenters. The number of aliphatic hydroxyl groups is 1.